The van der Waals surface area contributed by atoms with Crippen molar-refractivity contribution in [1.29, 1.82) is 0 Å². The van der Waals surface area contributed by atoms with Crippen LogP contribution in [0, 0.1) is 0 Å². The summed E-state index contributed by atoms with van der Waals surface area (Å²) in [6.07, 6.45) is 4.69. The van der Waals surface area contributed by atoms with Gasteiger partial charge in [0, 0.05) is 24.7 Å². The number of nitrogens with zero attached hydrogens (tertiary/aromatic N) is 2. The fourth-order valence-electron chi connectivity index (χ4n) is 0.873. The molecule has 0 radical (unpaired) electrons. The minimum atomic E-state index is -0.0970. The number of anilines is 1. The SMILES string of the molecule is O=c1ccnc2n1C=CNN2. The molecule has 1 aliphatic heterocycles. The molecular weight excluding hydrogens is 144 g/mol. The van der Waals surface area contributed by atoms with Crippen molar-refractivity contribution in [3.05, 3.63) is 28.8 Å². The van der Waals surface area contributed by atoms with E-state index in [1.807, 2.05) is 0 Å². The van der Waals surface area contributed by atoms with Gasteiger partial charge >= 0.3 is 0 Å². The summed E-state index contributed by atoms with van der Waals surface area (Å²) < 4.78 is 1.41. The molecule has 0 saturated heterocycles. The molecule has 0 fully saturated rings. The molecule has 0 amide bonds. The molecule has 0 aromatic carbocycles. The Hall–Kier alpha value is -1.78. The standard InChI is InChI=1S/C6H6N4O/c11-5-1-2-7-6-9-8-3-4-10(5)6/h1-4,8H,(H,7,9). The first-order valence-corrected chi connectivity index (χ1v) is 3.14. The number of nitrogens with one attached hydrogen (secondary N) is 2. The molecule has 0 aliphatic carbocycles. The summed E-state index contributed by atoms with van der Waals surface area (Å²) in [5.41, 5.74) is 5.34. The van der Waals surface area contributed by atoms with Gasteiger partial charge < -0.3 is 5.43 Å². The number of aromatic nitrogens is 2. The fraction of sp³-hybridized carbons (Fsp3) is 0. The topological polar surface area (TPSA) is 59.0 Å². The van der Waals surface area contributed by atoms with E-state index in [4.69, 9.17) is 0 Å². The van der Waals surface area contributed by atoms with E-state index >= 15 is 0 Å². The average Bonchev–Trinajstić information content (AvgIpc) is 2.06. The molecule has 2 N–H and O–H groups in total. The highest BCUT2D eigenvalue weighted by molar-refractivity contribution is 5.40. The van der Waals surface area contributed by atoms with Gasteiger partial charge in [-0.3, -0.25) is 14.8 Å². The highest BCUT2D eigenvalue weighted by atomic mass is 16.1. The molecule has 0 atom stereocenters. The smallest absolute Gasteiger partial charge is 0.259 e. The number of hydrogen-bond donors (Lipinski definition) is 2. The highest BCUT2D eigenvalue weighted by Crippen LogP contribution is 1.99. The van der Waals surface area contributed by atoms with E-state index in [1.54, 1.807) is 12.4 Å². The first-order valence-electron chi connectivity index (χ1n) is 3.14. The molecule has 1 aromatic heterocycles. The zero-order valence-corrected chi connectivity index (χ0v) is 5.61. The second kappa shape index (κ2) is 2.12. The lowest BCUT2D eigenvalue weighted by molar-refractivity contribution is 0.886. The molecule has 0 bridgehead atoms. The van der Waals surface area contributed by atoms with Crippen LogP contribution in [0.5, 0.6) is 0 Å². The zero-order valence-electron chi connectivity index (χ0n) is 5.61. The molecule has 0 spiro atoms. The van der Waals surface area contributed by atoms with Gasteiger partial charge in [0.1, 0.15) is 0 Å². The fourth-order valence-corrected chi connectivity index (χ4v) is 0.873. The molecule has 56 valence electrons. The predicted molar refractivity (Wildman–Crippen MR) is 40.6 cm³/mol. The van der Waals surface area contributed by atoms with Gasteiger partial charge in [0.05, 0.1) is 0 Å². The Kier molecular flexibility index (Phi) is 1.15. The van der Waals surface area contributed by atoms with Crippen LogP contribution in [0.3, 0.4) is 0 Å². The van der Waals surface area contributed by atoms with Crippen LogP contribution in [-0.4, -0.2) is 9.55 Å². The van der Waals surface area contributed by atoms with Crippen LogP contribution in [-0.2, 0) is 0 Å². The molecule has 5 heteroatoms. The second-order valence-electron chi connectivity index (χ2n) is 2.06. The normalized spacial score (nSPS) is 13.1. The van der Waals surface area contributed by atoms with Crippen molar-refractivity contribution < 1.29 is 0 Å². The lowest BCUT2D eigenvalue weighted by Crippen LogP contribution is -2.28. The van der Waals surface area contributed by atoms with Crippen LogP contribution < -0.4 is 16.4 Å². The Morgan fingerprint density at radius 3 is 3.27 bits per heavy atom. The van der Waals surface area contributed by atoms with Crippen molar-refractivity contribution in [2.75, 3.05) is 5.43 Å². The third-order valence-electron chi connectivity index (χ3n) is 1.37. The van der Waals surface area contributed by atoms with Crippen LogP contribution in [0.25, 0.3) is 6.20 Å². The van der Waals surface area contributed by atoms with Crippen molar-refractivity contribution in [2.45, 2.75) is 0 Å². The molecule has 5 nitrogen and oxygen atoms in total. The van der Waals surface area contributed by atoms with E-state index in [1.165, 1.54) is 16.8 Å². The van der Waals surface area contributed by atoms with Crippen molar-refractivity contribution >= 4 is 12.1 Å². The quantitative estimate of drug-likeness (QED) is 0.528. The average molecular weight is 150 g/mol. The molecule has 11 heavy (non-hydrogen) atoms. The number of rotatable bonds is 0. The highest BCUT2D eigenvalue weighted by Gasteiger charge is 2.02. The molecule has 0 unspecified atom stereocenters. The van der Waals surface area contributed by atoms with Crippen molar-refractivity contribution in [1.82, 2.24) is 15.0 Å². The van der Waals surface area contributed by atoms with Gasteiger partial charge in [0.15, 0.2) is 0 Å². The van der Waals surface area contributed by atoms with E-state index in [0.29, 0.717) is 5.95 Å². The zero-order chi connectivity index (χ0) is 7.68. The Balaban J connectivity index is 2.70. The minimum Gasteiger partial charge on any atom is -0.304 e. The van der Waals surface area contributed by atoms with Crippen LogP contribution in [0.2, 0.25) is 0 Å². The first kappa shape index (κ1) is 5.96. The van der Waals surface area contributed by atoms with Gasteiger partial charge in [-0.1, -0.05) is 0 Å². The Bertz CT molecular complexity index is 354. The molecule has 0 saturated carbocycles. The molecule has 2 rings (SSSR count). The van der Waals surface area contributed by atoms with E-state index in [9.17, 15) is 4.79 Å². The third kappa shape index (κ3) is 0.861. The van der Waals surface area contributed by atoms with Gasteiger partial charge in [0.25, 0.3) is 5.56 Å². The van der Waals surface area contributed by atoms with Crippen molar-refractivity contribution in [3.8, 4) is 0 Å². The summed E-state index contributed by atoms with van der Waals surface area (Å²) in [6, 6.07) is 1.40. The summed E-state index contributed by atoms with van der Waals surface area (Å²) in [4.78, 5) is 15.0. The third-order valence-corrected chi connectivity index (χ3v) is 1.37. The van der Waals surface area contributed by atoms with Gasteiger partial charge in [-0.15, -0.1) is 0 Å². The number of fused-ring (bicyclic) bond motifs is 1. The molecule has 2 heterocycles. The second-order valence-corrected chi connectivity index (χ2v) is 2.06. The monoisotopic (exact) mass is 150 g/mol. The molecular formula is C6H6N4O. The van der Waals surface area contributed by atoms with Gasteiger partial charge in [-0.25, -0.2) is 4.98 Å². The summed E-state index contributed by atoms with van der Waals surface area (Å²) in [6.45, 7) is 0. The van der Waals surface area contributed by atoms with Gasteiger partial charge in [0.2, 0.25) is 5.95 Å². The van der Waals surface area contributed by atoms with E-state index in [0.717, 1.165) is 0 Å². The number of hydrazine groups is 1. The maximum absolute atomic E-state index is 11.1. The summed E-state index contributed by atoms with van der Waals surface area (Å²) in [7, 11) is 0. The van der Waals surface area contributed by atoms with Crippen LogP contribution in [0.1, 0.15) is 0 Å². The Labute approximate surface area is 62.3 Å². The van der Waals surface area contributed by atoms with E-state index in [2.05, 4.69) is 15.8 Å². The molecule has 1 aliphatic rings. The van der Waals surface area contributed by atoms with Crippen molar-refractivity contribution in [3.63, 3.8) is 0 Å². The van der Waals surface area contributed by atoms with E-state index in [-0.39, 0.29) is 5.56 Å². The maximum atomic E-state index is 11.1. The lowest BCUT2D eigenvalue weighted by atomic mass is 10.6. The Morgan fingerprint density at radius 1 is 1.55 bits per heavy atom. The van der Waals surface area contributed by atoms with Gasteiger partial charge in [-0.2, -0.15) is 0 Å². The van der Waals surface area contributed by atoms with E-state index < -0.39 is 0 Å². The van der Waals surface area contributed by atoms with Crippen LogP contribution in [0.4, 0.5) is 5.95 Å². The predicted octanol–water partition coefficient (Wildman–Crippen LogP) is -0.398. The van der Waals surface area contributed by atoms with Gasteiger partial charge in [-0.05, 0) is 0 Å². The number of hydrogen-bond acceptors (Lipinski definition) is 4. The summed E-state index contributed by atoms with van der Waals surface area (Å²) in [5, 5.41) is 0. The van der Waals surface area contributed by atoms with Crippen LogP contribution >= 0.6 is 0 Å². The summed E-state index contributed by atoms with van der Waals surface area (Å²) in [5.74, 6) is 0.500. The Morgan fingerprint density at radius 2 is 2.45 bits per heavy atom. The lowest BCUT2D eigenvalue weighted by Gasteiger charge is -2.13. The minimum absolute atomic E-state index is 0.0970. The largest absolute Gasteiger partial charge is 0.304 e. The first-order chi connectivity index (χ1) is 5.38. The summed E-state index contributed by atoms with van der Waals surface area (Å²) >= 11 is 0. The molecule has 1 aromatic rings. The van der Waals surface area contributed by atoms with Crippen molar-refractivity contribution in [2.24, 2.45) is 0 Å². The van der Waals surface area contributed by atoms with Crippen LogP contribution in [0.15, 0.2) is 23.3 Å². The maximum Gasteiger partial charge on any atom is 0.259 e.